The molecule has 0 unspecified atom stereocenters. The lowest BCUT2D eigenvalue weighted by molar-refractivity contribution is -0.129. The van der Waals surface area contributed by atoms with Crippen molar-refractivity contribution in [2.45, 2.75) is 26.4 Å². The molecule has 4 nitrogen and oxygen atoms in total. The Bertz CT molecular complexity index is 559. The van der Waals surface area contributed by atoms with Crippen molar-refractivity contribution in [2.75, 3.05) is 13.6 Å². The Balaban J connectivity index is 2.02. The second-order valence-electron chi connectivity index (χ2n) is 5.14. The summed E-state index contributed by atoms with van der Waals surface area (Å²) in [7, 11) is 1.84. The van der Waals surface area contributed by atoms with Crippen molar-refractivity contribution in [3.63, 3.8) is 0 Å². The molecule has 2 N–H and O–H groups in total. The Kier molecular flexibility index (Phi) is 4.22. The molecule has 102 valence electrons. The lowest BCUT2D eigenvalue weighted by atomic mass is 10.1. The van der Waals surface area contributed by atoms with Gasteiger partial charge in [0.05, 0.1) is 6.54 Å². The molecule has 0 atom stereocenters. The highest BCUT2D eigenvalue weighted by Crippen LogP contribution is 2.18. The van der Waals surface area contributed by atoms with Gasteiger partial charge >= 0.3 is 0 Å². The van der Waals surface area contributed by atoms with E-state index in [4.69, 9.17) is 0 Å². The normalized spacial score (nSPS) is 11.2. The van der Waals surface area contributed by atoms with E-state index in [2.05, 4.69) is 16.4 Å². The zero-order valence-corrected chi connectivity index (χ0v) is 11.7. The van der Waals surface area contributed by atoms with Crippen molar-refractivity contribution < 1.29 is 4.79 Å². The second kappa shape index (κ2) is 5.89. The highest BCUT2D eigenvalue weighted by molar-refractivity contribution is 5.84. The summed E-state index contributed by atoms with van der Waals surface area (Å²) in [5, 5.41) is 4.32. The van der Waals surface area contributed by atoms with E-state index in [1.54, 1.807) is 4.90 Å². The van der Waals surface area contributed by atoms with E-state index in [9.17, 15) is 4.79 Å². The summed E-state index contributed by atoms with van der Waals surface area (Å²) in [6.45, 7) is 5.08. The monoisotopic (exact) mass is 259 g/mol. The minimum Gasteiger partial charge on any atom is -0.361 e. The smallest absolute Gasteiger partial charge is 0.236 e. The van der Waals surface area contributed by atoms with Crippen LogP contribution in [0.1, 0.15) is 19.4 Å². The number of aromatic nitrogens is 1. The third-order valence-corrected chi connectivity index (χ3v) is 3.17. The van der Waals surface area contributed by atoms with Crippen molar-refractivity contribution in [2.24, 2.45) is 0 Å². The van der Waals surface area contributed by atoms with E-state index < -0.39 is 0 Å². The summed E-state index contributed by atoms with van der Waals surface area (Å²) < 4.78 is 0. The lowest BCUT2D eigenvalue weighted by Crippen LogP contribution is -2.37. The molecule has 0 saturated heterocycles. The Morgan fingerprint density at radius 1 is 1.37 bits per heavy atom. The summed E-state index contributed by atoms with van der Waals surface area (Å²) in [6, 6.07) is 8.46. The fraction of sp³-hybridized carbons (Fsp3) is 0.400. The SMILES string of the molecule is CC(C)NCC(=O)N(C)Cc1c[nH]c2ccccc12. The van der Waals surface area contributed by atoms with Gasteiger partial charge in [0.1, 0.15) is 0 Å². The van der Waals surface area contributed by atoms with E-state index in [1.807, 2.05) is 45.3 Å². The largest absolute Gasteiger partial charge is 0.361 e. The van der Waals surface area contributed by atoms with E-state index in [0.29, 0.717) is 19.1 Å². The number of fused-ring (bicyclic) bond motifs is 1. The van der Waals surface area contributed by atoms with Crippen molar-refractivity contribution in [1.82, 2.24) is 15.2 Å². The minimum atomic E-state index is 0.110. The van der Waals surface area contributed by atoms with Crippen molar-refractivity contribution in [3.8, 4) is 0 Å². The number of nitrogens with zero attached hydrogens (tertiary/aromatic N) is 1. The molecule has 0 aliphatic heterocycles. The van der Waals surface area contributed by atoms with Gasteiger partial charge in [-0.2, -0.15) is 0 Å². The molecule has 0 fully saturated rings. The predicted octanol–water partition coefficient (Wildman–Crippen LogP) is 2.12. The molecule has 1 aromatic heterocycles. The zero-order chi connectivity index (χ0) is 13.8. The molecule has 1 heterocycles. The van der Waals surface area contributed by atoms with Crippen molar-refractivity contribution in [1.29, 1.82) is 0 Å². The molecule has 0 saturated carbocycles. The van der Waals surface area contributed by atoms with Crippen LogP contribution in [-0.2, 0) is 11.3 Å². The molecule has 1 amide bonds. The van der Waals surface area contributed by atoms with Gasteiger partial charge in [0.2, 0.25) is 5.91 Å². The van der Waals surface area contributed by atoms with Gasteiger partial charge in [0.25, 0.3) is 0 Å². The molecule has 0 aliphatic rings. The summed E-state index contributed by atoms with van der Waals surface area (Å²) in [4.78, 5) is 16.9. The van der Waals surface area contributed by atoms with Gasteiger partial charge in [-0.25, -0.2) is 0 Å². The van der Waals surface area contributed by atoms with Gasteiger partial charge in [0, 0.05) is 36.7 Å². The molecule has 0 spiro atoms. The number of aromatic amines is 1. The van der Waals surface area contributed by atoms with Crippen LogP contribution in [0, 0.1) is 0 Å². The number of benzene rings is 1. The average molecular weight is 259 g/mol. The third kappa shape index (κ3) is 3.35. The summed E-state index contributed by atoms with van der Waals surface area (Å²) in [6.07, 6.45) is 1.98. The zero-order valence-electron chi connectivity index (χ0n) is 11.7. The Morgan fingerprint density at radius 3 is 2.84 bits per heavy atom. The maximum absolute atomic E-state index is 12.0. The van der Waals surface area contributed by atoms with Crippen LogP contribution < -0.4 is 5.32 Å². The number of likely N-dealkylation sites (N-methyl/N-ethyl adjacent to an activating group) is 1. The quantitative estimate of drug-likeness (QED) is 0.864. The molecule has 2 aromatic rings. The van der Waals surface area contributed by atoms with Crippen molar-refractivity contribution in [3.05, 3.63) is 36.0 Å². The van der Waals surface area contributed by atoms with Gasteiger partial charge in [-0.15, -0.1) is 0 Å². The van der Waals surface area contributed by atoms with Gasteiger partial charge < -0.3 is 15.2 Å². The number of H-pyrrole nitrogens is 1. The lowest BCUT2D eigenvalue weighted by Gasteiger charge is -2.18. The third-order valence-electron chi connectivity index (χ3n) is 3.17. The van der Waals surface area contributed by atoms with E-state index in [0.717, 1.165) is 11.1 Å². The molecule has 0 bridgehead atoms. The fourth-order valence-electron chi connectivity index (χ4n) is 2.03. The maximum Gasteiger partial charge on any atom is 0.236 e. The molecule has 2 rings (SSSR count). The maximum atomic E-state index is 12.0. The predicted molar refractivity (Wildman–Crippen MR) is 77.9 cm³/mol. The average Bonchev–Trinajstić information content (AvgIpc) is 2.79. The van der Waals surface area contributed by atoms with Gasteiger partial charge in [-0.05, 0) is 11.6 Å². The first kappa shape index (κ1) is 13.6. The van der Waals surface area contributed by atoms with Crippen LogP contribution in [0.15, 0.2) is 30.5 Å². The first-order chi connectivity index (χ1) is 9.08. The van der Waals surface area contributed by atoms with Crippen molar-refractivity contribution >= 4 is 16.8 Å². The number of carbonyl (C=O) groups is 1. The Morgan fingerprint density at radius 2 is 2.11 bits per heavy atom. The number of hydrogen-bond donors (Lipinski definition) is 2. The minimum absolute atomic E-state index is 0.110. The fourth-order valence-corrected chi connectivity index (χ4v) is 2.03. The molecular formula is C15H21N3O. The standard InChI is InChI=1S/C15H21N3O/c1-11(2)16-9-15(19)18(3)10-12-8-17-14-7-5-4-6-13(12)14/h4-8,11,16-17H,9-10H2,1-3H3. The number of amides is 1. The topological polar surface area (TPSA) is 48.1 Å². The molecule has 19 heavy (non-hydrogen) atoms. The van der Waals surface area contributed by atoms with Crippen LogP contribution in [0.25, 0.3) is 10.9 Å². The highest BCUT2D eigenvalue weighted by Gasteiger charge is 2.11. The number of rotatable bonds is 5. The molecule has 1 aromatic carbocycles. The first-order valence-electron chi connectivity index (χ1n) is 6.60. The van der Waals surface area contributed by atoms with E-state index in [-0.39, 0.29) is 5.91 Å². The molecular weight excluding hydrogens is 238 g/mol. The highest BCUT2D eigenvalue weighted by atomic mass is 16.2. The van der Waals surface area contributed by atoms with E-state index >= 15 is 0 Å². The summed E-state index contributed by atoms with van der Waals surface area (Å²) >= 11 is 0. The molecule has 0 radical (unpaired) electrons. The first-order valence-corrected chi connectivity index (χ1v) is 6.60. The van der Waals surface area contributed by atoms with Gasteiger partial charge in [0.15, 0.2) is 0 Å². The number of hydrogen-bond acceptors (Lipinski definition) is 2. The van der Waals surface area contributed by atoms with E-state index in [1.165, 1.54) is 5.39 Å². The molecule has 4 heteroatoms. The van der Waals surface area contributed by atoms with Crippen LogP contribution in [0.4, 0.5) is 0 Å². The second-order valence-corrected chi connectivity index (χ2v) is 5.14. The van der Waals surface area contributed by atoms with Crippen LogP contribution in [0.2, 0.25) is 0 Å². The summed E-state index contributed by atoms with van der Waals surface area (Å²) in [5.41, 5.74) is 2.26. The number of nitrogens with one attached hydrogen (secondary N) is 2. The molecule has 0 aliphatic carbocycles. The van der Waals surface area contributed by atoms with Crippen LogP contribution in [0.3, 0.4) is 0 Å². The van der Waals surface area contributed by atoms with Crippen LogP contribution in [-0.4, -0.2) is 35.4 Å². The number of carbonyl (C=O) groups excluding carboxylic acids is 1. The van der Waals surface area contributed by atoms with Crippen LogP contribution >= 0.6 is 0 Å². The van der Waals surface area contributed by atoms with Gasteiger partial charge in [-0.1, -0.05) is 32.0 Å². The van der Waals surface area contributed by atoms with Gasteiger partial charge in [-0.3, -0.25) is 4.79 Å². The Hall–Kier alpha value is -1.81. The Labute approximate surface area is 113 Å². The summed E-state index contributed by atoms with van der Waals surface area (Å²) in [5.74, 6) is 0.110. The number of para-hydroxylation sites is 1. The van der Waals surface area contributed by atoms with Crippen LogP contribution in [0.5, 0.6) is 0 Å².